The summed E-state index contributed by atoms with van der Waals surface area (Å²) in [7, 11) is 0. The molecule has 1 aliphatic carbocycles. The van der Waals surface area contributed by atoms with Crippen LogP contribution in [-0.4, -0.2) is 0 Å². The normalized spacial score (nSPS) is 13.3. The van der Waals surface area contributed by atoms with Gasteiger partial charge < -0.3 is 9.64 Å². The Labute approximate surface area is 341 Å². The molecule has 0 N–H and O–H groups in total. The summed E-state index contributed by atoms with van der Waals surface area (Å²) in [6.45, 7) is 4.72. The van der Waals surface area contributed by atoms with Crippen LogP contribution in [0, 0.1) is 0 Å². The molecule has 1 aliphatic heterocycles. The standard InChI is InChI=1S/C55H37NOS/c1-55(2)45-20-10-9-17-42(45)54-46(55)21-12-22-48(54)56(38-25-27-40-44-31-36(34-13-5-3-6-14-34)24-30-51(44)58-52(40)33-38)47-28-29-49-53-41(18-11-19-43(47)53)39-26-23-37(32-50(39)57-49)35-15-7-4-8-16-35/h3-33H,1-2H3. The molecule has 9 aromatic carbocycles. The summed E-state index contributed by atoms with van der Waals surface area (Å²) in [6, 6.07) is 68.8. The molecular formula is C55H37NOS. The summed E-state index contributed by atoms with van der Waals surface area (Å²) in [5, 5.41) is 4.86. The number of ether oxygens (including phenoxy) is 1. The van der Waals surface area contributed by atoms with Gasteiger partial charge in [-0.15, -0.1) is 11.3 Å². The fourth-order valence-electron chi connectivity index (χ4n) is 9.67. The van der Waals surface area contributed by atoms with Crippen LogP contribution in [0.15, 0.2) is 188 Å². The zero-order chi connectivity index (χ0) is 38.5. The maximum absolute atomic E-state index is 6.82. The third-order valence-electron chi connectivity index (χ3n) is 12.5. The predicted octanol–water partition coefficient (Wildman–Crippen LogP) is 16.1. The highest BCUT2D eigenvalue weighted by Crippen LogP contribution is 2.56. The van der Waals surface area contributed by atoms with Gasteiger partial charge in [0, 0.05) is 53.2 Å². The molecule has 0 amide bonds. The van der Waals surface area contributed by atoms with Gasteiger partial charge in [-0.1, -0.05) is 147 Å². The van der Waals surface area contributed by atoms with Gasteiger partial charge >= 0.3 is 0 Å². The number of hydrogen-bond acceptors (Lipinski definition) is 3. The molecule has 274 valence electrons. The molecule has 1 aromatic heterocycles. The van der Waals surface area contributed by atoms with Crippen LogP contribution in [0.1, 0.15) is 25.0 Å². The Hall–Kier alpha value is -6.94. The molecule has 0 radical (unpaired) electrons. The Balaban J connectivity index is 1.08. The minimum absolute atomic E-state index is 0.129. The number of benzene rings is 9. The average molecular weight is 760 g/mol. The van der Waals surface area contributed by atoms with E-state index in [1.807, 2.05) is 11.3 Å². The van der Waals surface area contributed by atoms with Crippen molar-refractivity contribution in [1.82, 2.24) is 0 Å². The fourth-order valence-corrected chi connectivity index (χ4v) is 10.8. The minimum atomic E-state index is -0.129. The van der Waals surface area contributed by atoms with Crippen LogP contribution in [0.4, 0.5) is 17.1 Å². The van der Waals surface area contributed by atoms with E-state index in [0.717, 1.165) is 44.8 Å². The van der Waals surface area contributed by atoms with Gasteiger partial charge in [0.1, 0.15) is 11.5 Å². The summed E-state index contributed by atoms with van der Waals surface area (Å²) in [5.41, 5.74) is 15.7. The monoisotopic (exact) mass is 759 g/mol. The molecule has 0 fully saturated rings. The van der Waals surface area contributed by atoms with Crippen LogP contribution in [-0.2, 0) is 5.41 Å². The topological polar surface area (TPSA) is 12.5 Å². The van der Waals surface area contributed by atoms with Crippen molar-refractivity contribution in [2.45, 2.75) is 19.3 Å². The fraction of sp³-hybridized carbons (Fsp3) is 0.0545. The van der Waals surface area contributed by atoms with Gasteiger partial charge in [-0.3, -0.25) is 0 Å². The van der Waals surface area contributed by atoms with Gasteiger partial charge in [-0.05, 0) is 99.1 Å². The lowest BCUT2D eigenvalue weighted by molar-refractivity contribution is 0.487. The van der Waals surface area contributed by atoms with E-state index in [1.165, 1.54) is 70.4 Å². The molecule has 2 heterocycles. The van der Waals surface area contributed by atoms with Crippen molar-refractivity contribution in [3.8, 4) is 56.0 Å². The minimum Gasteiger partial charge on any atom is -0.456 e. The summed E-state index contributed by atoms with van der Waals surface area (Å²) >= 11 is 1.87. The highest BCUT2D eigenvalue weighted by molar-refractivity contribution is 7.25. The van der Waals surface area contributed by atoms with Crippen molar-refractivity contribution in [3.63, 3.8) is 0 Å². The Morgan fingerprint density at radius 2 is 1.14 bits per heavy atom. The van der Waals surface area contributed by atoms with Crippen LogP contribution in [0.5, 0.6) is 11.5 Å². The van der Waals surface area contributed by atoms with Crippen LogP contribution in [0.2, 0.25) is 0 Å². The number of nitrogens with zero attached hydrogens (tertiary/aromatic N) is 1. The summed E-state index contributed by atoms with van der Waals surface area (Å²) in [4.78, 5) is 2.51. The van der Waals surface area contributed by atoms with Gasteiger partial charge in [0.2, 0.25) is 0 Å². The first-order valence-electron chi connectivity index (χ1n) is 20.0. The van der Waals surface area contributed by atoms with E-state index in [0.29, 0.717) is 0 Å². The molecule has 0 spiro atoms. The Bertz CT molecular complexity index is 3290. The van der Waals surface area contributed by atoms with Gasteiger partial charge in [0.05, 0.1) is 11.4 Å². The molecule has 2 nitrogen and oxygen atoms in total. The highest BCUT2D eigenvalue weighted by atomic mass is 32.1. The first kappa shape index (κ1) is 33.2. The van der Waals surface area contributed by atoms with Gasteiger partial charge in [0.25, 0.3) is 0 Å². The second-order valence-corrected chi connectivity index (χ2v) is 17.1. The summed E-state index contributed by atoms with van der Waals surface area (Å²) in [6.07, 6.45) is 0. The molecular weight excluding hydrogens is 723 g/mol. The lowest BCUT2D eigenvalue weighted by atomic mass is 9.82. The molecule has 3 heteroatoms. The van der Waals surface area contributed by atoms with Crippen molar-refractivity contribution < 1.29 is 4.74 Å². The molecule has 2 aliphatic rings. The van der Waals surface area contributed by atoms with Crippen molar-refractivity contribution in [2.24, 2.45) is 0 Å². The number of hydrogen-bond donors (Lipinski definition) is 0. The van der Waals surface area contributed by atoms with E-state index < -0.39 is 0 Å². The predicted molar refractivity (Wildman–Crippen MR) is 245 cm³/mol. The molecule has 0 bridgehead atoms. The maximum atomic E-state index is 6.82. The Kier molecular flexibility index (Phi) is 7.18. The smallest absolute Gasteiger partial charge is 0.136 e. The third-order valence-corrected chi connectivity index (χ3v) is 13.6. The Morgan fingerprint density at radius 3 is 1.97 bits per heavy atom. The van der Waals surface area contributed by atoms with Crippen LogP contribution in [0.3, 0.4) is 0 Å². The molecule has 0 atom stereocenters. The van der Waals surface area contributed by atoms with Crippen molar-refractivity contribution in [3.05, 3.63) is 199 Å². The molecule has 12 rings (SSSR count). The van der Waals surface area contributed by atoms with Crippen LogP contribution in [0.25, 0.3) is 75.5 Å². The molecule has 0 saturated heterocycles. The molecule has 58 heavy (non-hydrogen) atoms. The molecule has 10 aromatic rings. The van der Waals surface area contributed by atoms with E-state index in [-0.39, 0.29) is 5.41 Å². The van der Waals surface area contributed by atoms with Gasteiger partial charge in [-0.25, -0.2) is 0 Å². The molecule has 0 saturated carbocycles. The highest BCUT2D eigenvalue weighted by Gasteiger charge is 2.38. The molecule has 0 unspecified atom stereocenters. The second kappa shape index (κ2) is 12.5. The maximum Gasteiger partial charge on any atom is 0.136 e. The van der Waals surface area contributed by atoms with Gasteiger partial charge in [-0.2, -0.15) is 0 Å². The summed E-state index contributed by atoms with van der Waals surface area (Å²) in [5.74, 6) is 1.77. The zero-order valence-electron chi connectivity index (χ0n) is 32.2. The second-order valence-electron chi connectivity index (χ2n) is 16.1. The third kappa shape index (κ3) is 4.90. The number of thiophene rings is 1. The van der Waals surface area contributed by atoms with E-state index in [2.05, 4.69) is 207 Å². The van der Waals surface area contributed by atoms with Crippen LogP contribution >= 0.6 is 11.3 Å². The Morgan fingerprint density at radius 1 is 0.431 bits per heavy atom. The van der Waals surface area contributed by atoms with E-state index in [1.54, 1.807) is 0 Å². The lowest BCUT2D eigenvalue weighted by Gasteiger charge is -2.31. The van der Waals surface area contributed by atoms with E-state index in [9.17, 15) is 0 Å². The first-order valence-corrected chi connectivity index (χ1v) is 20.8. The van der Waals surface area contributed by atoms with Crippen LogP contribution < -0.4 is 9.64 Å². The van der Waals surface area contributed by atoms with E-state index >= 15 is 0 Å². The largest absolute Gasteiger partial charge is 0.456 e. The quantitative estimate of drug-likeness (QED) is 0.173. The number of fused-ring (bicyclic) bond motifs is 8. The first-order chi connectivity index (χ1) is 28.5. The van der Waals surface area contributed by atoms with Crippen molar-refractivity contribution in [2.75, 3.05) is 4.90 Å². The van der Waals surface area contributed by atoms with Crippen molar-refractivity contribution >= 4 is 59.3 Å². The van der Waals surface area contributed by atoms with Crippen molar-refractivity contribution in [1.29, 1.82) is 0 Å². The van der Waals surface area contributed by atoms with Gasteiger partial charge in [0.15, 0.2) is 0 Å². The number of rotatable bonds is 5. The zero-order valence-corrected chi connectivity index (χ0v) is 33.0. The lowest BCUT2D eigenvalue weighted by Crippen LogP contribution is -2.16. The SMILES string of the molecule is CC1(C)c2ccccc2-c2c(N(c3ccc4c(c3)sc3ccc(-c5ccccc5)cc34)c3ccc4c5c(cccc35)-c3ccc(-c5ccccc5)cc3O4)cccc21. The van der Waals surface area contributed by atoms with E-state index in [4.69, 9.17) is 4.74 Å². The number of anilines is 3. The average Bonchev–Trinajstić information content (AvgIpc) is 3.76. The summed E-state index contributed by atoms with van der Waals surface area (Å²) < 4.78 is 9.38.